The molecule has 1 aromatic rings. The molecule has 0 saturated carbocycles. The first-order valence-corrected chi connectivity index (χ1v) is 10.1. The number of hydrogen-bond acceptors (Lipinski definition) is 7. The summed E-state index contributed by atoms with van der Waals surface area (Å²) < 4.78 is 5.35. The number of hydrogen-bond donors (Lipinski definition) is 1. The lowest BCUT2D eigenvalue weighted by Crippen LogP contribution is -2.50. The van der Waals surface area contributed by atoms with E-state index in [2.05, 4.69) is 19.8 Å². The zero-order chi connectivity index (χ0) is 18.6. The molecule has 1 amide bonds. The number of aliphatic hydroxyl groups excluding tert-OH is 1. The maximum absolute atomic E-state index is 12.8. The number of likely N-dealkylation sites (tertiary alicyclic amines) is 2. The van der Waals surface area contributed by atoms with E-state index in [0.29, 0.717) is 30.8 Å². The van der Waals surface area contributed by atoms with Crippen LogP contribution in [0.1, 0.15) is 36.0 Å². The van der Waals surface area contributed by atoms with Crippen molar-refractivity contribution in [3.05, 3.63) is 18.0 Å². The Bertz CT molecular complexity index is 627. The lowest BCUT2D eigenvalue weighted by Gasteiger charge is -2.41. The number of piperidine rings is 2. The molecular formula is C19H29N5O3. The third-order valence-corrected chi connectivity index (χ3v) is 5.88. The SMILES string of the molecule is O=C(c1cnc(N2CCOCC2)nc1)N1CCC(N2CCC[C@H](O)C2)CC1. The molecule has 8 heteroatoms. The third kappa shape index (κ3) is 4.39. The minimum Gasteiger partial charge on any atom is -0.392 e. The average Bonchev–Trinajstić information content (AvgIpc) is 2.74. The summed E-state index contributed by atoms with van der Waals surface area (Å²) in [4.78, 5) is 27.9. The van der Waals surface area contributed by atoms with Crippen LogP contribution in [0.2, 0.25) is 0 Å². The highest BCUT2D eigenvalue weighted by Gasteiger charge is 2.30. The van der Waals surface area contributed by atoms with Gasteiger partial charge in [0.25, 0.3) is 5.91 Å². The summed E-state index contributed by atoms with van der Waals surface area (Å²) in [5, 5.41) is 9.89. The predicted molar refractivity (Wildman–Crippen MR) is 101 cm³/mol. The van der Waals surface area contributed by atoms with Crippen molar-refractivity contribution >= 4 is 11.9 Å². The molecule has 27 heavy (non-hydrogen) atoms. The first kappa shape index (κ1) is 18.6. The highest BCUT2D eigenvalue weighted by Crippen LogP contribution is 2.22. The fraction of sp³-hybridized carbons (Fsp3) is 0.737. The number of aliphatic hydroxyl groups is 1. The molecule has 0 aliphatic carbocycles. The molecule has 8 nitrogen and oxygen atoms in total. The second-order valence-corrected chi connectivity index (χ2v) is 7.69. The van der Waals surface area contributed by atoms with E-state index in [4.69, 9.17) is 4.74 Å². The number of carbonyl (C=O) groups is 1. The number of amides is 1. The number of morpholine rings is 1. The fourth-order valence-corrected chi connectivity index (χ4v) is 4.29. The summed E-state index contributed by atoms with van der Waals surface area (Å²) in [6.45, 7) is 6.28. The topological polar surface area (TPSA) is 82.0 Å². The molecule has 0 radical (unpaired) electrons. The largest absolute Gasteiger partial charge is 0.392 e. The molecule has 0 bridgehead atoms. The van der Waals surface area contributed by atoms with Crippen molar-refractivity contribution in [3.8, 4) is 0 Å². The molecule has 1 aromatic heterocycles. The van der Waals surface area contributed by atoms with Crippen LogP contribution in [0.25, 0.3) is 0 Å². The molecule has 3 aliphatic rings. The van der Waals surface area contributed by atoms with Crippen molar-refractivity contribution in [1.82, 2.24) is 19.8 Å². The second-order valence-electron chi connectivity index (χ2n) is 7.69. The number of anilines is 1. The van der Waals surface area contributed by atoms with Crippen molar-refractivity contribution in [1.29, 1.82) is 0 Å². The zero-order valence-electron chi connectivity index (χ0n) is 15.8. The second kappa shape index (κ2) is 8.50. The van der Waals surface area contributed by atoms with Gasteiger partial charge >= 0.3 is 0 Å². The van der Waals surface area contributed by atoms with Crippen LogP contribution in [0.3, 0.4) is 0 Å². The molecule has 3 fully saturated rings. The Morgan fingerprint density at radius 2 is 1.74 bits per heavy atom. The standard InChI is InChI=1S/C19H29N5O3/c25-17-2-1-5-24(14-17)16-3-6-22(7-4-16)18(26)15-12-20-19(21-13-15)23-8-10-27-11-9-23/h12-13,16-17,25H,1-11,14H2/t17-/m0/s1. The summed E-state index contributed by atoms with van der Waals surface area (Å²) in [7, 11) is 0. The van der Waals surface area contributed by atoms with Gasteiger partial charge in [-0.15, -0.1) is 0 Å². The van der Waals surface area contributed by atoms with Crippen molar-refractivity contribution in [3.63, 3.8) is 0 Å². The van der Waals surface area contributed by atoms with E-state index in [0.717, 1.165) is 65.0 Å². The highest BCUT2D eigenvalue weighted by atomic mass is 16.5. The maximum Gasteiger partial charge on any atom is 0.256 e. The highest BCUT2D eigenvalue weighted by molar-refractivity contribution is 5.93. The fourth-order valence-electron chi connectivity index (χ4n) is 4.29. The monoisotopic (exact) mass is 375 g/mol. The lowest BCUT2D eigenvalue weighted by atomic mass is 9.98. The third-order valence-electron chi connectivity index (χ3n) is 5.88. The number of ether oxygens (including phenoxy) is 1. The lowest BCUT2D eigenvalue weighted by molar-refractivity contribution is 0.0240. The molecular weight excluding hydrogens is 346 g/mol. The molecule has 0 spiro atoms. The molecule has 1 N–H and O–H groups in total. The summed E-state index contributed by atoms with van der Waals surface area (Å²) in [6.07, 6.45) is 7.00. The molecule has 3 saturated heterocycles. The predicted octanol–water partition coefficient (Wildman–Crippen LogP) is 0.375. The number of carbonyl (C=O) groups excluding carboxylic acids is 1. The Morgan fingerprint density at radius 3 is 2.41 bits per heavy atom. The van der Waals surface area contributed by atoms with Crippen LogP contribution in [0.5, 0.6) is 0 Å². The van der Waals surface area contributed by atoms with Crippen LogP contribution >= 0.6 is 0 Å². The first-order valence-electron chi connectivity index (χ1n) is 10.1. The number of nitrogens with zero attached hydrogens (tertiary/aromatic N) is 5. The number of β-amino-alcohol motifs (C(OH)–C–C–N with tert-alkyl or cyclic N) is 1. The van der Waals surface area contributed by atoms with Crippen molar-refractivity contribution in [2.75, 3.05) is 57.4 Å². The quantitative estimate of drug-likeness (QED) is 0.818. The number of aromatic nitrogens is 2. The summed E-state index contributed by atoms with van der Waals surface area (Å²) in [5.74, 6) is 0.679. The van der Waals surface area contributed by atoms with E-state index < -0.39 is 0 Å². The molecule has 1 atom stereocenters. The van der Waals surface area contributed by atoms with E-state index in [1.165, 1.54) is 0 Å². The smallest absolute Gasteiger partial charge is 0.256 e. The van der Waals surface area contributed by atoms with Gasteiger partial charge in [0.1, 0.15) is 0 Å². The Morgan fingerprint density at radius 1 is 1.04 bits per heavy atom. The van der Waals surface area contributed by atoms with Crippen molar-refractivity contribution < 1.29 is 14.6 Å². The Labute approximate surface area is 160 Å². The molecule has 0 unspecified atom stereocenters. The van der Waals surface area contributed by atoms with E-state index >= 15 is 0 Å². The van der Waals surface area contributed by atoms with Crippen LogP contribution in [0, 0.1) is 0 Å². The Kier molecular flexibility index (Phi) is 5.85. The van der Waals surface area contributed by atoms with Gasteiger partial charge in [-0.05, 0) is 32.2 Å². The van der Waals surface area contributed by atoms with Gasteiger partial charge in [0.15, 0.2) is 0 Å². The van der Waals surface area contributed by atoms with Crippen LogP contribution < -0.4 is 4.90 Å². The van der Waals surface area contributed by atoms with Gasteiger partial charge in [-0.1, -0.05) is 0 Å². The summed E-state index contributed by atoms with van der Waals surface area (Å²) in [5.41, 5.74) is 0.554. The van der Waals surface area contributed by atoms with Crippen LogP contribution in [0.15, 0.2) is 12.4 Å². The average molecular weight is 375 g/mol. The minimum atomic E-state index is -0.194. The van der Waals surface area contributed by atoms with Gasteiger partial charge in [0.05, 0.1) is 24.9 Å². The Hall–Kier alpha value is -1.77. The Balaban J connectivity index is 1.31. The first-order chi connectivity index (χ1) is 13.2. The van der Waals surface area contributed by atoms with Crippen molar-refractivity contribution in [2.45, 2.75) is 37.8 Å². The minimum absolute atomic E-state index is 0.0145. The van der Waals surface area contributed by atoms with Gasteiger partial charge in [-0.2, -0.15) is 0 Å². The van der Waals surface area contributed by atoms with Gasteiger partial charge in [-0.3, -0.25) is 9.69 Å². The van der Waals surface area contributed by atoms with Gasteiger partial charge < -0.3 is 19.6 Å². The van der Waals surface area contributed by atoms with E-state index in [1.807, 2.05) is 4.90 Å². The van der Waals surface area contributed by atoms with E-state index in [9.17, 15) is 9.90 Å². The van der Waals surface area contributed by atoms with Crippen LogP contribution in [0.4, 0.5) is 5.95 Å². The summed E-state index contributed by atoms with van der Waals surface area (Å²) in [6, 6.07) is 0.476. The molecule has 4 rings (SSSR count). The van der Waals surface area contributed by atoms with Gasteiger partial charge in [0, 0.05) is 51.2 Å². The van der Waals surface area contributed by atoms with Gasteiger partial charge in [0.2, 0.25) is 5.95 Å². The summed E-state index contributed by atoms with van der Waals surface area (Å²) >= 11 is 0. The van der Waals surface area contributed by atoms with Crippen LogP contribution in [-0.2, 0) is 4.74 Å². The van der Waals surface area contributed by atoms with Gasteiger partial charge in [-0.25, -0.2) is 9.97 Å². The van der Waals surface area contributed by atoms with E-state index in [1.54, 1.807) is 12.4 Å². The normalized spacial score (nSPS) is 25.6. The van der Waals surface area contributed by atoms with Crippen LogP contribution in [-0.4, -0.2) is 95.4 Å². The van der Waals surface area contributed by atoms with Crippen molar-refractivity contribution in [2.24, 2.45) is 0 Å². The zero-order valence-corrected chi connectivity index (χ0v) is 15.8. The molecule has 0 aromatic carbocycles. The molecule has 4 heterocycles. The maximum atomic E-state index is 12.8. The molecule has 148 valence electrons. The van der Waals surface area contributed by atoms with E-state index in [-0.39, 0.29) is 12.0 Å². The number of rotatable bonds is 3. The molecule has 3 aliphatic heterocycles.